The van der Waals surface area contributed by atoms with Gasteiger partial charge in [-0.25, -0.2) is 4.98 Å². The summed E-state index contributed by atoms with van der Waals surface area (Å²) >= 11 is 5.81. The molecule has 0 saturated carbocycles. The van der Waals surface area contributed by atoms with E-state index >= 15 is 0 Å². The standard InChI is InChI=1S/C17H20ClN3O2/c1-21-15-5-3-2-4-14(15)20-16(21)10-19-17(22)11-23-13-8-6-12(18)7-9-13/h6-9H,2-5,10-11H2,1H3,(H,19,22). The minimum Gasteiger partial charge on any atom is -0.484 e. The van der Waals surface area contributed by atoms with Crippen LogP contribution in [0.4, 0.5) is 0 Å². The summed E-state index contributed by atoms with van der Waals surface area (Å²) < 4.78 is 7.53. The fourth-order valence-electron chi connectivity index (χ4n) is 2.81. The Balaban J connectivity index is 1.51. The first kappa shape index (κ1) is 15.9. The minimum absolute atomic E-state index is 0.0221. The van der Waals surface area contributed by atoms with Crippen molar-refractivity contribution in [1.82, 2.24) is 14.9 Å². The molecule has 0 spiro atoms. The molecule has 122 valence electrons. The number of ether oxygens (including phenoxy) is 1. The normalized spacial score (nSPS) is 13.5. The second-order valence-electron chi connectivity index (χ2n) is 5.71. The molecular weight excluding hydrogens is 314 g/mol. The number of carbonyl (C=O) groups is 1. The lowest BCUT2D eigenvalue weighted by molar-refractivity contribution is -0.123. The zero-order chi connectivity index (χ0) is 16.2. The summed E-state index contributed by atoms with van der Waals surface area (Å²) in [5.41, 5.74) is 2.48. The van der Waals surface area contributed by atoms with E-state index in [0.717, 1.165) is 18.7 Å². The molecule has 0 fully saturated rings. The zero-order valence-electron chi connectivity index (χ0n) is 13.1. The van der Waals surface area contributed by atoms with Gasteiger partial charge in [-0.2, -0.15) is 0 Å². The number of aromatic nitrogens is 2. The van der Waals surface area contributed by atoms with Crippen molar-refractivity contribution >= 4 is 17.5 Å². The van der Waals surface area contributed by atoms with Crippen molar-refractivity contribution in [3.8, 4) is 5.75 Å². The summed E-state index contributed by atoms with van der Waals surface area (Å²) in [6.07, 6.45) is 4.53. The predicted octanol–water partition coefficient (Wildman–Crippen LogP) is 2.65. The number of nitrogens with zero attached hydrogens (tertiary/aromatic N) is 2. The average Bonchev–Trinajstić information content (AvgIpc) is 2.89. The van der Waals surface area contributed by atoms with Crippen LogP contribution in [0.5, 0.6) is 5.75 Å². The Morgan fingerprint density at radius 3 is 2.78 bits per heavy atom. The molecule has 5 nitrogen and oxygen atoms in total. The second-order valence-corrected chi connectivity index (χ2v) is 6.14. The molecule has 1 aromatic carbocycles. The molecule has 1 aromatic heterocycles. The van der Waals surface area contributed by atoms with Crippen LogP contribution in [0.1, 0.15) is 30.1 Å². The highest BCUT2D eigenvalue weighted by Gasteiger charge is 2.17. The van der Waals surface area contributed by atoms with E-state index in [1.165, 1.54) is 24.2 Å². The third-order valence-electron chi connectivity index (χ3n) is 4.09. The van der Waals surface area contributed by atoms with Crippen LogP contribution in [-0.4, -0.2) is 22.1 Å². The Morgan fingerprint density at radius 1 is 1.30 bits per heavy atom. The van der Waals surface area contributed by atoms with E-state index < -0.39 is 0 Å². The van der Waals surface area contributed by atoms with Crippen molar-refractivity contribution in [2.45, 2.75) is 32.2 Å². The Bertz CT molecular complexity index is 695. The van der Waals surface area contributed by atoms with Crippen LogP contribution in [0.25, 0.3) is 0 Å². The fourth-order valence-corrected chi connectivity index (χ4v) is 2.93. The summed E-state index contributed by atoms with van der Waals surface area (Å²) in [6.45, 7) is 0.401. The van der Waals surface area contributed by atoms with Gasteiger partial charge in [-0.3, -0.25) is 4.79 Å². The first-order chi connectivity index (χ1) is 11.1. The van der Waals surface area contributed by atoms with Gasteiger partial charge in [0.15, 0.2) is 6.61 Å². The van der Waals surface area contributed by atoms with Crippen LogP contribution in [0.2, 0.25) is 5.02 Å². The van der Waals surface area contributed by atoms with Gasteiger partial charge in [-0.15, -0.1) is 0 Å². The number of halogens is 1. The minimum atomic E-state index is -0.166. The highest BCUT2D eigenvalue weighted by Crippen LogP contribution is 2.21. The molecule has 1 amide bonds. The number of hydrogen-bond acceptors (Lipinski definition) is 3. The molecule has 1 N–H and O–H groups in total. The third-order valence-corrected chi connectivity index (χ3v) is 4.35. The number of nitrogens with one attached hydrogen (secondary N) is 1. The highest BCUT2D eigenvalue weighted by atomic mass is 35.5. The summed E-state index contributed by atoms with van der Waals surface area (Å²) in [6, 6.07) is 6.94. The van der Waals surface area contributed by atoms with Crippen molar-refractivity contribution in [1.29, 1.82) is 0 Å². The van der Waals surface area contributed by atoms with E-state index in [2.05, 4.69) is 14.9 Å². The first-order valence-electron chi connectivity index (χ1n) is 7.82. The van der Waals surface area contributed by atoms with Gasteiger partial charge in [0, 0.05) is 17.8 Å². The molecular formula is C17H20ClN3O2. The molecule has 1 heterocycles. The lowest BCUT2D eigenvalue weighted by Gasteiger charge is -2.11. The number of carbonyl (C=O) groups excluding carboxylic acids is 1. The number of hydrogen-bond donors (Lipinski definition) is 1. The van der Waals surface area contributed by atoms with Gasteiger partial charge in [0.2, 0.25) is 0 Å². The molecule has 0 unspecified atom stereocenters. The Labute approximate surface area is 140 Å². The van der Waals surface area contributed by atoms with Gasteiger partial charge >= 0.3 is 0 Å². The number of aryl methyl sites for hydroxylation is 1. The summed E-state index contributed by atoms with van der Waals surface area (Å²) in [5, 5.41) is 3.50. The molecule has 1 aliphatic rings. The molecule has 2 aromatic rings. The maximum absolute atomic E-state index is 11.9. The highest BCUT2D eigenvalue weighted by molar-refractivity contribution is 6.30. The number of fused-ring (bicyclic) bond motifs is 1. The quantitative estimate of drug-likeness (QED) is 0.915. The maximum atomic E-state index is 11.9. The second kappa shape index (κ2) is 7.04. The van der Waals surface area contributed by atoms with Gasteiger partial charge in [-0.05, 0) is 49.9 Å². The van der Waals surface area contributed by atoms with Gasteiger partial charge in [0.05, 0.1) is 12.2 Å². The SMILES string of the molecule is Cn1c(CNC(=O)COc2ccc(Cl)cc2)nc2c1CCCC2. The molecule has 0 aliphatic heterocycles. The Kier molecular flexibility index (Phi) is 4.86. The summed E-state index contributed by atoms with van der Waals surface area (Å²) in [4.78, 5) is 16.6. The molecule has 23 heavy (non-hydrogen) atoms. The number of rotatable bonds is 5. The van der Waals surface area contributed by atoms with Crippen LogP contribution in [0, 0.1) is 0 Å². The van der Waals surface area contributed by atoms with Crippen LogP contribution in [0.3, 0.4) is 0 Å². The van der Waals surface area contributed by atoms with Gasteiger partial charge in [0.25, 0.3) is 5.91 Å². The van der Waals surface area contributed by atoms with E-state index in [1.807, 2.05) is 7.05 Å². The van der Waals surface area contributed by atoms with Crippen molar-refractivity contribution in [2.75, 3.05) is 6.61 Å². The van der Waals surface area contributed by atoms with E-state index in [1.54, 1.807) is 24.3 Å². The van der Waals surface area contributed by atoms with Crippen LogP contribution >= 0.6 is 11.6 Å². The average molecular weight is 334 g/mol. The first-order valence-corrected chi connectivity index (χ1v) is 8.19. The molecule has 1 aliphatic carbocycles. The molecule has 0 saturated heterocycles. The molecule has 6 heteroatoms. The van der Waals surface area contributed by atoms with Gasteiger partial charge < -0.3 is 14.6 Å². The van der Waals surface area contributed by atoms with Crippen molar-refractivity contribution in [3.63, 3.8) is 0 Å². The third kappa shape index (κ3) is 3.85. The zero-order valence-corrected chi connectivity index (χ0v) is 13.9. The Hall–Kier alpha value is -2.01. The molecule has 0 radical (unpaired) electrons. The van der Waals surface area contributed by atoms with Crippen LogP contribution in [0.15, 0.2) is 24.3 Å². The van der Waals surface area contributed by atoms with Gasteiger partial charge in [-0.1, -0.05) is 11.6 Å². The summed E-state index contributed by atoms with van der Waals surface area (Å²) in [7, 11) is 2.02. The molecule has 3 rings (SSSR count). The van der Waals surface area contributed by atoms with E-state index in [9.17, 15) is 4.79 Å². The molecule has 0 bridgehead atoms. The van der Waals surface area contributed by atoms with Gasteiger partial charge in [0.1, 0.15) is 11.6 Å². The van der Waals surface area contributed by atoms with Crippen molar-refractivity contribution in [2.24, 2.45) is 7.05 Å². The smallest absolute Gasteiger partial charge is 0.258 e. The van der Waals surface area contributed by atoms with E-state index in [4.69, 9.17) is 16.3 Å². The largest absolute Gasteiger partial charge is 0.484 e. The van der Waals surface area contributed by atoms with Crippen molar-refractivity contribution < 1.29 is 9.53 Å². The van der Waals surface area contributed by atoms with E-state index in [0.29, 0.717) is 17.3 Å². The van der Waals surface area contributed by atoms with Crippen molar-refractivity contribution in [3.05, 3.63) is 46.5 Å². The molecule has 0 atom stereocenters. The monoisotopic (exact) mass is 333 g/mol. The number of imidazole rings is 1. The van der Waals surface area contributed by atoms with Crippen LogP contribution in [-0.2, 0) is 31.2 Å². The Morgan fingerprint density at radius 2 is 2.04 bits per heavy atom. The lowest BCUT2D eigenvalue weighted by atomic mass is 10.0. The number of benzene rings is 1. The lowest BCUT2D eigenvalue weighted by Crippen LogP contribution is -2.29. The summed E-state index contributed by atoms with van der Waals surface area (Å²) in [5.74, 6) is 1.36. The maximum Gasteiger partial charge on any atom is 0.258 e. The predicted molar refractivity (Wildman–Crippen MR) is 88.6 cm³/mol. The number of amides is 1. The fraction of sp³-hybridized carbons (Fsp3) is 0.412. The topological polar surface area (TPSA) is 56.2 Å². The van der Waals surface area contributed by atoms with E-state index in [-0.39, 0.29) is 12.5 Å². The van der Waals surface area contributed by atoms with Crippen LogP contribution < -0.4 is 10.1 Å².